The first-order valence-electron chi connectivity index (χ1n) is 9.82. The molecule has 0 atom stereocenters. The van der Waals surface area contributed by atoms with Crippen LogP contribution in [0.5, 0.6) is 23.1 Å². The zero-order valence-electron chi connectivity index (χ0n) is 17.3. The number of carbonyl (C=O) groups is 1. The fourth-order valence-electron chi connectivity index (χ4n) is 3.11. The van der Waals surface area contributed by atoms with Crippen molar-refractivity contribution in [3.8, 4) is 23.1 Å². The number of rotatable bonds is 7. The Morgan fingerprint density at radius 3 is 2.42 bits per heavy atom. The fourth-order valence-corrected chi connectivity index (χ4v) is 3.11. The normalized spacial score (nSPS) is 10.5. The lowest BCUT2D eigenvalue weighted by atomic mass is 10.2. The molecule has 1 N–H and O–H groups in total. The Kier molecular flexibility index (Phi) is 5.98. The molecule has 1 heterocycles. The standard InChI is InChI=1S/C25H22N2O4/c1-17(28)26-20-9-11-21(12-10-20)31-25-13-8-19-14-23(29-2)24(15-22(19)27-25)30-16-18-6-4-3-5-7-18/h3-15H,16H2,1-2H3,(H,26,28). The van der Waals surface area contributed by atoms with Crippen LogP contribution in [0, 0.1) is 0 Å². The molecule has 3 aromatic carbocycles. The summed E-state index contributed by atoms with van der Waals surface area (Å²) >= 11 is 0. The summed E-state index contributed by atoms with van der Waals surface area (Å²) in [4.78, 5) is 15.7. The highest BCUT2D eigenvalue weighted by molar-refractivity contribution is 5.88. The van der Waals surface area contributed by atoms with Crippen LogP contribution in [0.1, 0.15) is 12.5 Å². The van der Waals surface area contributed by atoms with Gasteiger partial charge in [0.1, 0.15) is 12.4 Å². The predicted molar refractivity (Wildman–Crippen MR) is 120 cm³/mol. The maximum Gasteiger partial charge on any atom is 0.221 e. The van der Waals surface area contributed by atoms with E-state index in [-0.39, 0.29) is 5.91 Å². The number of benzene rings is 3. The van der Waals surface area contributed by atoms with Gasteiger partial charge in [-0.15, -0.1) is 0 Å². The number of nitrogens with zero attached hydrogens (tertiary/aromatic N) is 1. The van der Waals surface area contributed by atoms with Crippen molar-refractivity contribution in [1.29, 1.82) is 0 Å². The second kappa shape index (κ2) is 9.17. The number of hydrogen-bond donors (Lipinski definition) is 1. The summed E-state index contributed by atoms with van der Waals surface area (Å²) in [5.41, 5.74) is 2.51. The van der Waals surface area contributed by atoms with E-state index in [0.717, 1.165) is 16.5 Å². The Morgan fingerprint density at radius 1 is 0.935 bits per heavy atom. The maximum atomic E-state index is 11.1. The molecular formula is C25H22N2O4. The Labute approximate surface area is 180 Å². The number of carbonyl (C=O) groups excluding carboxylic acids is 1. The van der Waals surface area contributed by atoms with Crippen LogP contribution in [0.15, 0.2) is 78.9 Å². The number of aromatic nitrogens is 1. The summed E-state index contributed by atoms with van der Waals surface area (Å²) in [6, 6.07) is 24.5. The largest absolute Gasteiger partial charge is 0.493 e. The van der Waals surface area contributed by atoms with Crippen LogP contribution < -0.4 is 19.5 Å². The highest BCUT2D eigenvalue weighted by atomic mass is 16.5. The molecule has 0 aliphatic rings. The molecular weight excluding hydrogens is 392 g/mol. The number of methoxy groups -OCH3 is 1. The Bertz CT molecular complexity index is 1190. The average molecular weight is 414 g/mol. The number of ether oxygens (including phenoxy) is 3. The zero-order valence-corrected chi connectivity index (χ0v) is 17.3. The van der Waals surface area contributed by atoms with Gasteiger partial charge in [-0.2, -0.15) is 0 Å². The molecule has 1 aromatic heterocycles. The lowest BCUT2D eigenvalue weighted by molar-refractivity contribution is -0.114. The number of pyridine rings is 1. The van der Waals surface area contributed by atoms with Gasteiger partial charge in [0.2, 0.25) is 11.8 Å². The zero-order chi connectivity index (χ0) is 21.6. The number of fused-ring (bicyclic) bond motifs is 1. The fraction of sp³-hybridized carbons (Fsp3) is 0.120. The van der Waals surface area contributed by atoms with E-state index in [9.17, 15) is 4.79 Å². The van der Waals surface area contributed by atoms with Gasteiger partial charge in [-0.25, -0.2) is 4.98 Å². The molecule has 4 rings (SSSR count). The molecule has 1 amide bonds. The monoisotopic (exact) mass is 414 g/mol. The van der Waals surface area contributed by atoms with E-state index in [2.05, 4.69) is 10.3 Å². The molecule has 0 aliphatic carbocycles. The van der Waals surface area contributed by atoms with Crippen molar-refractivity contribution >= 4 is 22.5 Å². The maximum absolute atomic E-state index is 11.1. The molecule has 0 fully saturated rings. The van der Waals surface area contributed by atoms with E-state index in [1.165, 1.54) is 6.92 Å². The van der Waals surface area contributed by atoms with E-state index in [0.29, 0.717) is 35.4 Å². The summed E-state index contributed by atoms with van der Waals surface area (Å²) in [6.45, 7) is 1.90. The molecule has 0 aliphatic heterocycles. The number of hydrogen-bond acceptors (Lipinski definition) is 5. The second-order valence-corrected chi connectivity index (χ2v) is 6.93. The summed E-state index contributed by atoms with van der Waals surface area (Å²) < 4.78 is 17.4. The lowest BCUT2D eigenvalue weighted by Gasteiger charge is -2.13. The Morgan fingerprint density at radius 2 is 1.71 bits per heavy atom. The number of nitrogens with one attached hydrogen (secondary N) is 1. The topological polar surface area (TPSA) is 69.7 Å². The van der Waals surface area contributed by atoms with Gasteiger partial charge in [0.15, 0.2) is 11.5 Å². The van der Waals surface area contributed by atoms with Gasteiger partial charge < -0.3 is 19.5 Å². The van der Waals surface area contributed by atoms with Crippen molar-refractivity contribution in [1.82, 2.24) is 4.98 Å². The van der Waals surface area contributed by atoms with Crippen molar-refractivity contribution in [2.45, 2.75) is 13.5 Å². The van der Waals surface area contributed by atoms with Crippen LogP contribution in [-0.4, -0.2) is 18.0 Å². The van der Waals surface area contributed by atoms with Crippen LogP contribution >= 0.6 is 0 Å². The van der Waals surface area contributed by atoms with Crippen molar-refractivity contribution in [2.75, 3.05) is 12.4 Å². The summed E-state index contributed by atoms with van der Waals surface area (Å²) in [5.74, 6) is 2.22. The number of anilines is 1. The van der Waals surface area contributed by atoms with Gasteiger partial charge in [-0.3, -0.25) is 4.79 Å². The van der Waals surface area contributed by atoms with Crippen LogP contribution in [0.3, 0.4) is 0 Å². The minimum absolute atomic E-state index is 0.120. The van der Waals surface area contributed by atoms with Crippen molar-refractivity contribution < 1.29 is 19.0 Å². The van der Waals surface area contributed by atoms with Crippen molar-refractivity contribution in [3.05, 3.63) is 84.4 Å². The third-order valence-electron chi connectivity index (χ3n) is 4.58. The third kappa shape index (κ3) is 5.11. The molecule has 4 aromatic rings. The van der Waals surface area contributed by atoms with Gasteiger partial charge in [0.05, 0.1) is 12.6 Å². The molecule has 6 heteroatoms. The molecule has 6 nitrogen and oxygen atoms in total. The summed E-state index contributed by atoms with van der Waals surface area (Å²) in [7, 11) is 1.62. The smallest absolute Gasteiger partial charge is 0.221 e. The molecule has 0 saturated carbocycles. The van der Waals surface area contributed by atoms with Gasteiger partial charge in [-0.05, 0) is 42.0 Å². The van der Waals surface area contributed by atoms with E-state index in [1.54, 1.807) is 37.4 Å². The van der Waals surface area contributed by atoms with Gasteiger partial charge in [0.25, 0.3) is 0 Å². The first-order valence-corrected chi connectivity index (χ1v) is 9.82. The molecule has 0 saturated heterocycles. The number of amides is 1. The van der Waals surface area contributed by atoms with E-state index in [4.69, 9.17) is 14.2 Å². The van der Waals surface area contributed by atoms with Crippen molar-refractivity contribution in [2.24, 2.45) is 0 Å². The van der Waals surface area contributed by atoms with Crippen LogP contribution in [0.2, 0.25) is 0 Å². The quantitative estimate of drug-likeness (QED) is 0.428. The van der Waals surface area contributed by atoms with Gasteiger partial charge in [-0.1, -0.05) is 30.3 Å². The first kappa shape index (κ1) is 20.2. The third-order valence-corrected chi connectivity index (χ3v) is 4.58. The van der Waals surface area contributed by atoms with Crippen LogP contribution in [0.4, 0.5) is 5.69 Å². The van der Waals surface area contributed by atoms with E-state index in [1.807, 2.05) is 48.5 Å². The van der Waals surface area contributed by atoms with Crippen LogP contribution in [0.25, 0.3) is 10.9 Å². The van der Waals surface area contributed by atoms with Gasteiger partial charge >= 0.3 is 0 Å². The SMILES string of the molecule is COc1cc2ccc(Oc3ccc(NC(C)=O)cc3)nc2cc1OCc1ccccc1. The Hall–Kier alpha value is -4.06. The molecule has 0 bridgehead atoms. The minimum Gasteiger partial charge on any atom is -0.493 e. The molecule has 0 radical (unpaired) electrons. The van der Waals surface area contributed by atoms with Crippen molar-refractivity contribution in [3.63, 3.8) is 0 Å². The lowest BCUT2D eigenvalue weighted by Crippen LogP contribution is -2.05. The summed E-state index contributed by atoms with van der Waals surface area (Å²) in [6.07, 6.45) is 0. The Balaban J connectivity index is 1.55. The molecule has 156 valence electrons. The van der Waals surface area contributed by atoms with Gasteiger partial charge in [0, 0.05) is 30.1 Å². The van der Waals surface area contributed by atoms with Crippen LogP contribution in [-0.2, 0) is 11.4 Å². The molecule has 0 spiro atoms. The highest BCUT2D eigenvalue weighted by Gasteiger charge is 2.10. The van der Waals surface area contributed by atoms with E-state index >= 15 is 0 Å². The first-order chi connectivity index (χ1) is 15.1. The second-order valence-electron chi connectivity index (χ2n) is 6.93. The summed E-state index contributed by atoms with van der Waals surface area (Å²) in [5, 5.41) is 3.64. The minimum atomic E-state index is -0.120. The van der Waals surface area contributed by atoms with E-state index < -0.39 is 0 Å². The highest BCUT2D eigenvalue weighted by Crippen LogP contribution is 2.33. The predicted octanol–water partition coefficient (Wildman–Crippen LogP) is 5.57. The average Bonchev–Trinajstić information content (AvgIpc) is 2.78. The molecule has 31 heavy (non-hydrogen) atoms. The molecule has 0 unspecified atom stereocenters.